The molecule has 1 aliphatic rings. The summed E-state index contributed by atoms with van der Waals surface area (Å²) in [5.41, 5.74) is 0.123. The van der Waals surface area contributed by atoms with Crippen LogP contribution in [0.4, 0.5) is 10.3 Å². The minimum Gasteiger partial charge on any atom is -0.448 e. The van der Waals surface area contributed by atoms with Crippen LogP contribution in [0.2, 0.25) is 0 Å². The lowest BCUT2D eigenvalue weighted by Gasteiger charge is -2.13. The van der Waals surface area contributed by atoms with Crippen LogP contribution in [0.1, 0.15) is 25.7 Å². The van der Waals surface area contributed by atoms with Crippen molar-refractivity contribution in [1.82, 2.24) is 14.5 Å². The molecule has 0 atom stereocenters. The van der Waals surface area contributed by atoms with E-state index in [1.165, 1.54) is 29.5 Å². The number of aromatic nitrogens is 3. The minimum absolute atomic E-state index is 0. The fourth-order valence-corrected chi connectivity index (χ4v) is 3.26. The highest BCUT2D eigenvalue weighted by Crippen LogP contribution is 2.25. The summed E-state index contributed by atoms with van der Waals surface area (Å²) in [5.74, 6) is 0.0266. The molecule has 0 spiro atoms. The van der Waals surface area contributed by atoms with Gasteiger partial charge in [-0.25, -0.2) is 9.37 Å². The molecule has 1 aliphatic carbocycles. The van der Waals surface area contributed by atoms with E-state index < -0.39 is 5.82 Å². The van der Waals surface area contributed by atoms with E-state index in [1.54, 1.807) is 31.4 Å². The third-order valence-electron chi connectivity index (χ3n) is 4.66. The van der Waals surface area contributed by atoms with Crippen LogP contribution in [-0.2, 0) is 7.05 Å². The minimum atomic E-state index is -0.526. The van der Waals surface area contributed by atoms with Gasteiger partial charge in [0.15, 0.2) is 17.3 Å². The molecule has 1 fully saturated rings. The predicted molar refractivity (Wildman–Crippen MR) is 104 cm³/mol. The highest BCUT2D eigenvalue weighted by Gasteiger charge is 2.17. The van der Waals surface area contributed by atoms with Crippen molar-refractivity contribution >= 4 is 29.4 Å². The second-order valence-corrected chi connectivity index (χ2v) is 6.50. The predicted octanol–water partition coefficient (Wildman–Crippen LogP) is 4.04. The monoisotopic (exact) mass is 390 g/mol. The molecule has 0 radical (unpaired) electrons. The van der Waals surface area contributed by atoms with Gasteiger partial charge in [-0.1, -0.05) is 25.0 Å². The maximum atomic E-state index is 13.8. The molecule has 0 saturated heterocycles. The van der Waals surface area contributed by atoms with Crippen molar-refractivity contribution in [2.75, 3.05) is 5.32 Å². The number of pyridine rings is 1. The van der Waals surface area contributed by atoms with Crippen molar-refractivity contribution in [3.05, 3.63) is 52.7 Å². The molecule has 8 heteroatoms. The number of nitrogens with one attached hydrogen (secondary N) is 1. The van der Waals surface area contributed by atoms with Gasteiger partial charge in [0.1, 0.15) is 5.65 Å². The Hall–Kier alpha value is -2.67. The Labute approximate surface area is 161 Å². The number of para-hydroxylation sites is 1. The molecule has 0 amide bonds. The second kappa shape index (κ2) is 7.92. The zero-order chi connectivity index (χ0) is 18.1. The molecule has 2 heterocycles. The summed E-state index contributed by atoms with van der Waals surface area (Å²) in [6.07, 6.45) is 6.28. The number of nitrogens with zero attached hydrogens (tertiary/aromatic N) is 3. The van der Waals surface area contributed by atoms with E-state index in [9.17, 15) is 9.18 Å². The summed E-state index contributed by atoms with van der Waals surface area (Å²) in [6, 6.07) is 7.90. The first-order valence-corrected chi connectivity index (χ1v) is 8.67. The molecule has 6 nitrogen and oxygen atoms in total. The molecule has 4 rings (SSSR count). The van der Waals surface area contributed by atoms with Crippen molar-refractivity contribution in [3.63, 3.8) is 0 Å². The number of ether oxygens (including phenoxy) is 1. The van der Waals surface area contributed by atoms with E-state index in [0.717, 1.165) is 12.8 Å². The number of fused-ring (bicyclic) bond motifs is 1. The fourth-order valence-electron chi connectivity index (χ4n) is 3.26. The van der Waals surface area contributed by atoms with Crippen molar-refractivity contribution in [2.45, 2.75) is 31.7 Å². The molecular formula is C19H20ClFN4O2. The van der Waals surface area contributed by atoms with Gasteiger partial charge in [0.2, 0.25) is 5.95 Å². The number of aryl methyl sites for hydroxylation is 1. The van der Waals surface area contributed by atoms with Crippen molar-refractivity contribution < 1.29 is 9.13 Å². The van der Waals surface area contributed by atoms with Gasteiger partial charge >= 0.3 is 0 Å². The average Bonchev–Trinajstić information content (AvgIpc) is 3.15. The van der Waals surface area contributed by atoms with Crippen LogP contribution in [0, 0.1) is 5.82 Å². The Kier molecular flexibility index (Phi) is 5.60. The average molecular weight is 391 g/mol. The van der Waals surface area contributed by atoms with Gasteiger partial charge < -0.3 is 10.1 Å². The lowest BCUT2D eigenvalue weighted by Crippen LogP contribution is -2.21. The number of halogens is 2. The van der Waals surface area contributed by atoms with E-state index in [-0.39, 0.29) is 29.5 Å². The van der Waals surface area contributed by atoms with Crippen LogP contribution >= 0.6 is 12.4 Å². The van der Waals surface area contributed by atoms with Gasteiger partial charge in [-0.15, -0.1) is 12.4 Å². The number of hydrogen-bond donors (Lipinski definition) is 1. The lowest BCUT2D eigenvalue weighted by atomic mass is 10.2. The quantitative estimate of drug-likeness (QED) is 0.728. The molecule has 0 aliphatic heterocycles. The summed E-state index contributed by atoms with van der Waals surface area (Å²) >= 11 is 0. The topological polar surface area (TPSA) is 69.0 Å². The van der Waals surface area contributed by atoms with Crippen LogP contribution in [-0.4, -0.2) is 20.6 Å². The van der Waals surface area contributed by atoms with Crippen LogP contribution in [0.5, 0.6) is 11.5 Å². The molecule has 142 valence electrons. The fraction of sp³-hybridized carbons (Fsp3) is 0.316. The summed E-state index contributed by atoms with van der Waals surface area (Å²) in [5, 5.41) is 3.97. The van der Waals surface area contributed by atoms with Gasteiger partial charge in [0, 0.05) is 24.7 Å². The number of hydrogen-bond acceptors (Lipinski definition) is 5. The van der Waals surface area contributed by atoms with E-state index >= 15 is 0 Å². The molecule has 2 aromatic heterocycles. The van der Waals surface area contributed by atoms with Crippen molar-refractivity contribution in [2.24, 2.45) is 7.05 Å². The van der Waals surface area contributed by atoms with E-state index in [4.69, 9.17) is 4.74 Å². The molecule has 0 unspecified atom stereocenters. The van der Waals surface area contributed by atoms with E-state index in [1.807, 2.05) is 0 Å². The third kappa shape index (κ3) is 3.88. The Bertz CT molecular complexity index is 1020. The SMILES string of the molecule is Cl.Cn1c(=O)c(Oc2ccccc2F)cc2cnc(NC3CCCC3)nc21. The van der Waals surface area contributed by atoms with Gasteiger partial charge in [-0.05, 0) is 31.0 Å². The molecule has 1 aromatic carbocycles. The van der Waals surface area contributed by atoms with Crippen LogP contribution in [0.3, 0.4) is 0 Å². The smallest absolute Gasteiger partial charge is 0.294 e. The zero-order valence-electron chi connectivity index (χ0n) is 14.8. The zero-order valence-corrected chi connectivity index (χ0v) is 15.6. The summed E-state index contributed by atoms with van der Waals surface area (Å²) in [7, 11) is 1.62. The lowest BCUT2D eigenvalue weighted by molar-refractivity contribution is 0.434. The Morgan fingerprint density at radius 1 is 1.22 bits per heavy atom. The summed E-state index contributed by atoms with van der Waals surface area (Å²) < 4.78 is 20.7. The first kappa shape index (κ1) is 19.1. The molecule has 1 N–H and O–H groups in total. The van der Waals surface area contributed by atoms with Crippen LogP contribution in [0.25, 0.3) is 11.0 Å². The Morgan fingerprint density at radius 2 is 1.96 bits per heavy atom. The standard InChI is InChI=1S/C19H19FN4O2.ClH/c1-24-17-12(11-21-19(23-17)22-13-6-2-3-7-13)10-16(18(24)25)26-15-9-5-4-8-14(15)20;/h4-5,8-11,13H,2-3,6-7H2,1H3,(H,21,22,23);1H. The van der Waals surface area contributed by atoms with Crippen molar-refractivity contribution in [3.8, 4) is 11.5 Å². The largest absolute Gasteiger partial charge is 0.448 e. The van der Waals surface area contributed by atoms with Gasteiger partial charge in [0.05, 0.1) is 0 Å². The Balaban J connectivity index is 0.00000210. The van der Waals surface area contributed by atoms with Crippen molar-refractivity contribution in [1.29, 1.82) is 0 Å². The number of benzene rings is 1. The highest BCUT2D eigenvalue weighted by molar-refractivity contribution is 5.85. The first-order chi connectivity index (χ1) is 12.6. The first-order valence-electron chi connectivity index (χ1n) is 8.67. The highest BCUT2D eigenvalue weighted by atomic mass is 35.5. The molecule has 0 bridgehead atoms. The van der Waals surface area contributed by atoms with Crippen LogP contribution in [0.15, 0.2) is 41.3 Å². The van der Waals surface area contributed by atoms with Gasteiger partial charge in [-0.3, -0.25) is 9.36 Å². The summed E-state index contributed by atoms with van der Waals surface area (Å²) in [6.45, 7) is 0. The maximum Gasteiger partial charge on any atom is 0.294 e. The third-order valence-corrected chi connectivity index (χ3v) is 4.66. The maximum absolute atomic E-state index is 13.8. The molecule has 3 aromatic rings. The van der Waals surface area contributed by atoms with E-state index in [0.29, 0.717) is 23.0 Å². The van der Waals surface area contributed by atoms with E-state index in [2.05, 4.69) is 15.3 Å². The molecule has 27 heavy (non-hydrogen) atoms. The number of anilines is 1. The normalized spacial score (nSPS) is 14.1. The molecule has 1 saturated carbocycles. The van der Waals surface area contributed by atoms with Gasteiger partial charge in [-0.2, -0.15) is 4.98 Å². The van der Waals surface area contributed by atoms with Crippen LogP contribution < -0.4 is 15.6 Å². The number of rotatable bonds is 4. The van der Waals surface area contributed by atoms with Gasteiger partial charge in [0.25, 0.3) is 5.56 Å². The second-order valence-electron chi connectivity index (χ2n) is 6.50. The Morgan fingerprint density at radius 3 is 2.70 bits per heavy atom. The summed E-state index contributed by atoms with van der Waals surface area (Å²) in [4.78, 5) is 21.4. The molecular weight excluding hydrogens is 371 g/mol.